The van der Waals surface area contributed by atoms with E-state index in [0.29, 0.717) is 5.52 Å². The van der Waals surface area contributed by atoms with E-state index in [1.165, 1.54) is 6.07 Å². The number of nitrogens with one attached hydrogen (secondary N) is 1. The molecule has 0 bridgehead atoms. The minimum Gasteiger partial charge on any atom is -0.338 e. The van der Waals surface area contributed by atoms with Crippen molar-refractivity contribution in [2.24, 2.45) is 0 Å². The number of nitrogens with zero attached hydrogens (tertiary/aromatic N) is 1. The lowest BCUT2D eigenvalue weighted by molar-refractivity contribution is -0.139. The van der Waals surface area contributed by atoms with Gasteiger partial charge in [-0.15, -0.1) is 0 Å². The van der Waals surface area contributed by atoms with Gasteiger partial charge in [-0.2, -0.15) is 13.2 Å². The second-order valence-corrected chi connectivity index (χ2v) is 4.80. The van der Waals surface area contributed by atoms with Gasteiger partial charge < -0.3 is 4.98 Å². The normalized spacial score (nSPS) is 12.0. The average Bonchev–Trinajstić information content (AvgIpc) is 2.80. The van der Waals surface area contributed by atoms with Gasteiger partial charge in [0.25, 0.3) is 0 Å². The molecule has 3 aromatic rings. The van der Waals surface area contributed by atoms with Gasteiger partial charge in [0.15, 0.2) is 0 Å². The third-order valence-electron chi connectivity index (χ3n) is 3.18. The first-order valence-corrected chi connectivity index (χ1v) is 6.18. The van der Waals surface area contributed by atoms with Crippen molar-refractivity contribution in [3.8, 4) is 11.4 Å². The van der Waals surface area contributed by atoms with E-state index >= 15 is 0 Å². The number of imidazole rings is 1. The molecule has 1 heterocycles. The summed E-state index contributed by atoms with van der Waals surface area (Å²) in [6.45, 7) is 1.90. The Morgan fingerprint density at radius 1 is 1.05 bits per heavy atom. The van der Waals surface area contributed by atoms with Crippen LogP contribution in [0.25, 0.3) is 22.4 Å². The fraction of sp³-hybridized carbons (Fsp3) is 0.133. The molecule has 0 aliphatic heterocycles. The van der Waals surface area contributed by atoms with E-state index in [1.54, 1.807) is 6.07 Å². The molecule has 21 heavy (non-hydrogen) atoms. The monoisotopic (exact) mass is 294 g/mol. The van der Waals surface area contributed by atoms with Crippen LogP contribution in [0.1, 0.15) is 11.1 Å². The van der Waals surface area contributed by atoms with Crippen molar-refractivity contribution < 1.29 is 17.6 Å². The van der Waals surface area contributed by atoms with Crippen LogP contribution < -0.4 is 0 Å². The van der Waals surface area contributed by atoms with E-state index in [9.17, 15) is 17.6 Å². The second-order valence-electron chi connectivity index (χ2n) is 4.80. The maximum absolute atomic E-state index is 13.3. The van der Waals surface area contributed by atoms with Crippen LogP contribution in [-0.2, 0) is 6.18 Å². The summed E-state index contributed by atoms with van der Waals surface area (Å²) in [5.74, 6) is -1.01. The zero-order chi connectivity index (χ0) is 15.2. The van der Waals surface area contributed by atoms with Crippen molar-refractivity contribution in [1.29, 1.82) is 0 Å². The number of aromatic amines is 1. The molecule has 0 radical (unpaired) electrons. The van der Waals surface area contributed by atoms with E-state index in [4.69, 9.17) is 0 Å². The van der Waals surface area contributed by atoms with Crippen molar-refractivity contribution >= 4 is 11.0 Å². The topological polar surface area (TPSA) is 28.7 Å². The molecule has 1 N–H and O–H groups in total. The quantitative estimate of drug-likeness (QED) is 0.648. The number of hydrogen-bond donors (Lipinski definition) is 1. The van der Waals surface area contributed by atoms with Gasteiger partial charge in [-0.25, -0.2) is 9.37 Å². The van der Waals surface area contributed by atoms with Gasteiger partial charge in [0.1, 0.15) is 11.6 Å². The maximum Gasteiger partial charge on any atom is 0.419 e. The van der Waals surface area contributed by atoms with Crippen LogP contribution in [0, 0.1) is 12.7 Å². The maximum atomic E-state index is 13.3. The third kappa shape index (κ3) is 2.49. The molecule has 2 aromatic carbocycles. The molecule has 0 atom stereocenters. The summed E-state index contributed by atoms with van der Waals surface area (Å²) in [6.07, 6.45) is -4.73. The van der Waals surface area contributed by atoms with Crippen LogP contribution in [-0.4, -0.2) is 9.97 Å². The smallest absolute Gasteiger partial charge is 0.338 e. The molecule has 108 valence electrons. The number of fused-ring (bicyclic) bond motifs is 1. The zero-order valence-corrected chi connectivity index (χ0v) is 10.9. The number of H-pyrrole nitrogens is 1. The van der Waals surface area contributed by atoms with Crippen LogP contribution >= 0.6 is 0 Å². The molecule has 0 saturated heterocycles. The number of alkyl halides is 3. The van der Waals surface area contributed by atoms with E-state index in [0.717, 1.165) is 23.2 Å². The summed E-state index contributed by atoms with van der Waals surface area (Å²) in [4.78, 5) is 7.18. The molecule has 0 aliphatic rings. The first kappa shape index (κ1) is 13.6. The van der Waals surface area contributed by atoms with Gasteiger partial charge >= 0.3 is 6.18 Å². The van der Waals surface area contributed by atoms with Gasteiger partial charge in [0.05, 0.1) is 16.6 Å². The van der Waals surface area contributed by atoms with Crippen molar-refractivity contribution in [3.05, 3.63) is 53.3 Å². The largest absolute Gasteiger partial charge is 0.419 e. The highest BCUT2D eigenvalue weighted by atomic mass is 19.4. The summed E-state index contributed by atoms with van der Waals surface area (Å²) in [6, 6.07) is 8.32. The van der Waals surface area contributed by atoms with E-state index in [2.05, 4.69) is 9.97 Å². The number of rotatable bonds is 1. The Morgan fingerprint density at radius 2 is 1.81 bits per heavy atom. The number of halogens is 4. The van der Waals surface area contributed by atoms with Gasteiger partial charge in [0, 0.05) is 5.56 Å². The molecule has 0 fully saturated rings. The first-order chi connectivity index (χ1) is 9.84. The Kier molecular flexibility index (Phi) is 2.97. The number of benzene rings is 2. The number of aryl methyl sites for hydroxylation is 1. The lowest BCUT2D eigenvalue weighted by Gasteiger charge is -2.08. The van der Waals surface area contributed by atoms with Crippen molar-refractivity contribution in [3.63, 3.8) is 0 Å². The fourth-order valence-corrected chi connectivity index (χ4v) is 2.15. The van der Waals surface area contributed by atoms with Crippen LogP contribution in [0.15, 0.2) is 36.4 Å². The summed E-state index contributed by atoms with van der Waals surface area (Å²) in [5.41, 5.74) is 1.28. The highest BCUT2D eigenvalue weighted by Gasteiger charge is 2.34. The predicted octanol–water partition coefficient (Wildman–Crippen LogP) is 4.70. The molecule has 6 heteroatoms. The molecule has 3 rings (SSSR count). The Morgan fingerprint density at radius 3 is 2.52 bits per heavy atom. The summed E-state index contributed by atoms with van der Waals surface area (Å²) in [7, 11) is 0. The summed E-state index contributed by atoms with van der Waals surface area (Å²) < 4.78 is 51.5. The molecule has 2 nitrogen and oxygen atoms in total. The van der Waals surface area contributed by atoms with E-state index in [1.807, 2.05) is 19.1 Å². The minimum atomic E-state index is -4.73. The van der Waals surface area contributed by atoms with Crippen LogP contribution in [0.4, 0.5) is 17.6 Å². The average molecular weight is 294 g/mol. The summed E-state index contributed by atoms with van der Waals surface area (Å²) in [5, 5.41) is 0. The molecule has 0 saturated carbocycles. The third-order valence-corrected chi connectivity index (χ3v) is 3.18. The molecule has 0 amide bonds. The predicted molar refractivity (Wildman–Crippen MR) is 71.2 cm³/mol. The molecule has 0 unspecified atom stereocenters. The van der Waals surface area contributed by atoms with Gasteiger partial charge in [0.2, 0.25) is 0 Å². The van der Waals surface area contributed by atoms with Gasteiger partial charge in [-0.3, -0.25) is 0 Å². The van der Waals surface area contributed by atoms with Crippen molar-refractivity contribution in [2.45, 2.75) is 13.1 Å². The fourth-order valence-electron chi connectivity index (χ4n) is 2.15. The Hall–Kier alpha value is -2.37. The molecule has 1 aromatic heterocycles. The van der Waals surface area contributed by atoms with Gasteiger partial charge in [-0.05, 0) is 42.8 Å². The number of aromatic nitrogens is 2. The minimum absolute atomic E-state index is 0.192. The standard InChI is InChI=1S/C15H10F4N2/c1-8-2-5-12-13(6-8)21-14(20-12)9-3-4-11(16)10(7-9)15(17,18)19/h2-7H,1H3,(H,20,21). The van der Waals surface area contributed by atoms with Crippen molar-refractivity contribution in [2.75, 3.05) is 0 Å². The molecular formula is C15H10F4N2. The molecule has 0 spiro atoms. The van der Waals surface area contributed by atoms with Gasteiger partial charge in [-0.1, -0.05) is 6.07 Å². The number of hydrogen-bond acceptors (Lipinski definition) is 1. The lowest BCUT2D eigenvalue weighted by atomic mass is 10.1. The van der Waals surface area contributed by atoms with E-state index < -0.39 is 17.6 Å². The van der Waals surface area contributed by atoms with E-state index in [-0.39, 0.29) is 11.4 Å². The van der Waals surface area contributed by atoms with Crippen LogP contribution in [0.3, 0.4) is 0 Å². The Labute approximate surface area is 117 Å². The Balaban J connectivity index is 2.14. The lowest BCUT2D eigenvalue weighted by Crippen LogP contribution is -2.08. The van der Waals surface area contributed by atoms with Crippen molar-refractivity contribution in [1.82, 2.24) is 9.97 Å². The first-order valence-electron chi connectivity index (χ1n) is 6.18. The Bertz CT molecular complexity index is 818. The van der Waals surface area contributed by atoms with Crippen LogP contribution in [0.2, 0.25) is 0 Å². The molecular weight excluding hydrogens is 284 g/mol. The van der Waals surface area contributed by atoms with Crippen LogP contribution in [0.5, 0.6) is 0 Å². The highest BCUT2D eigenvalue weighted by Crippen LogP contribution is 2.34. The second kappa shape index (κ2) is 4.58. The zero-order valence-electron chi connectivity index (χ0n) is 10.9. The SMILES string of the molecule is Cc1ccc2nc(-c3ccc(F)c(C(F)(F)F)c3)[nH]c2c1. The highest BCUT2D eigenvalue weighted by molar-refractivity contribution is 5.80. The summed E-state index contributed by atoms with van der Waals surface area (Å²) >= 11 is 0. The molecule has 0 aliphatic carbocycles.